The number of carbonyl (C=O) groups is 3. The van der Waals surface area contributed by atoms with Crippen LogP contribution >= 0.6 is 0 Å². The van der Waals surface area contributed by atoms with Crippen LogP contribution in [0.5, 0.6) is 0 Å². The van der Waals surface area contributed by atoms with Gasteiger partial charge in [-0.2, -0.15) is 0 Å². The van der Waals surface area contributed by atoms with Crippen LogP contribution in [0, 0.1) is 5.92 Å². The summed E-state index contributed by atoms with van der Waals surface area (Å²) in [5.74, 6) is -1.73. The van der Waals surface area contributed by atoms with Crippen LogP contribution in [0.15, 0.2) is 66.9 Å². The van der Waals surface area contributed by atoms with E-state index in [9.17, 15) is 14.4 Å². The number of ether oxygens (including phenoxy) is 1. The van der Waals surface area contributed by atoms with Gasteiger partial charge in [0.1, 0.15) is 18.3 Å². The van der Waals surface area contributed by atoms with Gasteiger partial charge >= 0.3 is 12.1 Å². The molecule has 1 atom stereocenters. The number of carboxylic acids is 1. The molecule has 8 heteroatoms. The van der Waals surface area contributed by atoms with Crippen molar-refractivity contribution < 1.29 is 24.2 Å². The van der Waals surface area contributed by atoms with Crippen LogP contribution < -0.4 is 10.6 Å². The number of benzene rings is 2. The zero-order valence-corrected chi connectivity index (χ0v) is 19.5. The molecule has 0 bridgehead atoms. The average Bonchev–Trinajstić information content (AvgIpc) is 3.18. The molecule has 3 N–H and O–H groups in total. The van der Waals surface area contributed by atoms with Crippen LogP contribution in [0.1, 0.15) is 46.9 Å². The molecule has 1 aromatic heterocycles. The normalized spacial score (nSPS) is 13.0. The lowest BCUT2D eigenvalue weighted by atomic mass is 9.98. The lowest BCUT2D eigenvalue weighted by molar-refractivity contribution is -0.124. The molecule has 0 radical (unpaired) electrons. The Balaban J connectivity index is 1.35. The van der Waals surface area contributed by atoms with E-state index in [1.54, 1.807) is 6.07 Å². The minimum absolute atomic E-state index is 0.0687. The minimum Gasteiger partial charge on any atom is -0.477 e. The van der Waals surface area contributed by atoms with Crippen molar-refractivity contribution in [2.45, 2.75) is 32.4 Å². The third kappa shape index (κ3) is 5.32. The maximum atomic E-state index is 12.8. The fourth-order valence-electron chi connectivity index (χ4n) is 4.26. The molecule has 0 unspecified atom stereocenters. The number of aromatic nitrogens is 1. The summed E-state index contributed by atoms with van der Waals surface area (Å²) in [6, 6.07) is 18.3. The third-order valence-corrected chi connectivity index (χ3v) is 6.08. The number of nitrogens with zero attached hydrogens (tertiary/aromatic N) is 1. The van der Waals surface area contributed by atoms with Crippen LogP contribution in [-0.2, 0) is 16.1 Å². The molecule has 2 aromatic carbocycles. The molecule has 0 spiro atoms. The second-order valence-corrected chi connectivity index (χ2v) is 8.77. The molecule has 1 aliphatic rings. The van der Waals surface area contributed by atoms with Crippen molar-refractivity contribution >= 4 is 18.0 Å². The first-order valence-corrected chi connectivity index (χ1v) is 11.4. The maximum absolute atomic E-state index is 12.8. The third-order valence-electron chi connectivity index (χ3n) is 6.08. The SMILES string of the molecule is CC(C)[C@@H](NC(=O)OCC1c2ccccc2-c2ccccc21)C(=O)NCc1ccc(C(=O)O)nc1. The van der Waals surface area contributed by atoms with E-state index in [4.69, 9.17) is 9.84 Å². The molecular weight excluding hydrogens is 446 g/mol. The molecular formula is C27H27N3O5. The van der Waals surface area contributed by atoms with E-state index < -0.39 is 18.1 Å². The van der Waals surface area contributed by atoms with E-state index >= 15 is 0 Å². The lowest BCUT2D eigenvalue weighted by Gasteiger charge is -2.22. The molecule has 0 fully saturated rings. The molecule has 0 aliphatic heterocycles. The molecule has 1 aliphatic carbocycles. The number of rotatable bonds is 8. The average molecular weight is 474 g/mol. The Morgan fingerprint density at radius 1 is 0.971 bits per heavy atom. The van der Waals surface area contributed by atoms with E-state index in [0.717, 1.165) is 22.3 Å². The summed E-state index contributed by atoms with van der Waals surface area (Å²) < 4.78 is 5.57. The fraction of sp³-hybridized carbons (Fsp3) is 0.259. The van der Waals surface area contributed by atoms with Crippen LogP contribution in [0.25, 0.3) is 11.1 Å². The number of alkyl carbamates (subject to hydrolysis) is 1. The van der Waals surface area contributed by atoms with Crippen molar-refractivity contribution in [3.63, 3.8) is 0 Å². The predicted molar refractivity (Wildman–Crippen MR) is 130 cm³/mol. The Morgan fingerprint density at radius 2 is 1.60 bits per heavy atom. The number of hydrogen-bond donors (Lipinski definition) is 3. The number of carboxylic acid groups (broad SMARTS) is 1. The molecule has 0 saturated heterocycles. The molecule has 3 aromatic rings. The van der Waals surface area contributed by atoms with Gasteiger partial charge in [-0.25, -0.2) is 14.6 Å². The Bertz CT molecular complexity index is 1190. The van der Waals surface area contributed by atoms with E-state index in [-0.39, 0.29) is 36.6 Å². The number of hydrogen-bond acceptors (Lipinski definition) is 5. The van der Waals surface area contributed by atoms with Crippen molar-refractivity contribution in [1.82, 2.24) is 15.6 Å². The summed E-state index contributed by atoms with van der Waals surface area (Å²) in [5.41, 5.74) is 5.08. The number of carbonyl (C=O) groups excluding carboxylic acids is 2. The first-order chi connectivity index (χ1) is 16.8. The van der Waals surface area contributed by atoms with Crippen LogP contribution in [0.2, 0.25) is 0 Å². The van der Waals surface area contributed by atoms with Crippen molar-refractivity contribution in [2.24, 2.45) is 5.92 Å². The molecule has 0 saturated carbocycles. The van der Waals surface area contributed by atoms with Crippen molar-refractivity contribution in [1.29, 1.82) is 0 Å². The zero-order valence-electron chi connectivity index (χ0n) is 19.5. The van der Waals surface area contributed by atoms with Gasteiger partial charge in [0.15, 0.2) is 0 Å². The Kier molecular flexibility index (Phi) is 7.10. The minimum atomic E-state index is -1.12. The van der Waals surface area contributed by atoms with Crippen LogP contribution in [-0.4, -0.2) is 40.7 Å². The summed E-state index contributed by atoms with van der Waals surface area (Å²) >= 11 is 0. The Labute approximate surface area is 203 Å². The quantitative estimate of drug-likeness (QED) is 0.456. The van der Waals surface area contributed by atoms with Gasteiger partial charge in [0.2, 0.25) is 5.91 Å². The highest BCUT2D eigenvalue weighted by Crippen LogP contribution is 2.44. The Morgan fingerprint density at radius 3 is 2.14 bits per heavy atom. The van der Waals surface area contributed by atoms with Gasteiger partial charge in [0, 0.05) is 18.7 Å². The standard InChI is InChI=1S/C27H27N3O5/c1-16(2)24(25(31)29-14-17-11-12-23(26(32)33)28-13-17)30-27(34)35-15-22-20-9-5-3-7-18(20)19-8-4-6-10-21(19)22/h3-13,16,22,24H,14-15H2,1-2H3,(H,29,31)(H,30,34)(H,32,33)/t24-/m1/s1. The van der Waals surface area contributed by atoms with Gasteiger partial charge in [-0.3, -0.25) is 4.79 Å². The maximum Gasteiger partial charge on any atom is 0.407 e. The highest BCUT2D eigenvalue weighted by Gasteiger charge is 2.30. The first kappa shape index (κ1) is 23.9. The smallest absolute Gasteiger partial charge is 0.407 e. The van der Waals surface area contributed by atoms with Crippen molar-refractivity contribution in [2.75, 3.05) is 6.61 Å². The second kappa shape index (κ2) is 10.4. The van der Waals surface area contributed by atoms with Gasteiger partial charge in [0.25, 0.3) is 0 Å². The monoisotopic (exact) mass is 473 g/mol. The van der Waals surface area contributed by atoms with E-state index in [0.29, 0.717) is 5.56 Å². The summed E-state index contributed by atoms with van der Waals surface area (Å²) in [6.45, 7) is 3.98. The first-order valence-electron chi connectivity index (χ1n) is 11.4. The van der Waals surface area contributed by atoms with E-state index in [1.807, 2.05) is 50.2 Å². The summed E-state index contributed by atoms with van der Waals surface area (Å²) in [4.78, 5) is 40.2. The molecule has 35 heavy (non-hydrogen) atoms. The van der Waals surface area contributed by atoms with E-state index in [2.05, 4.69) is 27.8 Å². The summed E-state index contributed by atoms with van der Waals surface area (Å²) in [6.07, 6.45) is 0.737. The molecule has 4 rings (SSSR count). The number of fused-ring (bicyclic) bond motifs is 3. The number of pyridine rings is 1. The van der Waals surface area contributed by atoms with Gasteiger partial charge in [0.05, 0.1) is 0 Å². The topological polar surface area (TPSA) is 118 Å². The molecule has 180 valence electrons. The largest absolute Gasteiger partial charge is 0.477 e. The summed E-state index contributed by atoms with van der Waals surface area (Å²) in [5, 5.41) is 14.4. The highest BCUT2D eigenvalue weighted by molar-refractivity contribution is 5.86. The number of aromatic carboxylic acids is 1. The molecule has 2 amide bonds. The van der Waals surface area contributed by atoms with Gasteiger partial charge in [-0.05, 0) is 39.8 Å². The van der Waals surface area contributed by atoms with Gasteiger partial charge in [-0.1, -0.05) is 68.4 Å². The van der Waals surface area contributed by atoms with Crippen LogP contribution in [0.4, 0.5) is 4.79 Å². The van der Waals surface area contributed by atoms with Crippen molar-refractivity contribution in [3.05, 3.63) is 89.2 Å². The molecule has 1 heterocycles. The molecule has 8 nitrogen and oxygen atoms in total. The Hall–Kier alpha value is -4.20. The van der Waals surface area contributed by atoms with E-state index in [1.165, 1.54) is 12.3 Å². The van der Waals surface area contributed by atoms with Crippen LogP contribution in [0.3, 0.4) is 0 Å². The van der Waals surface area contributed by atoms with Crippen molar-refractivity contribution in [3.8, 4) is 11.1 Å². The van der Waals surface area contributed by atoms with Gasteiger partial charge in [-0.15, -0.1) is 0 Å². The highest BCUT2D eigenvalue weighted by atomic mass is 16.5. The predicted octanol–water partition coefficient (Wildman–Crippen LogP) is 3.96. The van der Waals surface area contributed by atoms with Gasteiger partial charge < -0.3 is 20.5 Å². The zero-order chi connectivity index (χ0) is 24.9. The second-order valence-electron chi connectivity index (χ2n) is 8.77. The number of nitrogens with one attached hydrogen (secondary N) is 2. The number of amides is 2. The lowest BCUT2D eigenvalue weighted by Crippen LogP contribution is -2.49. The summed E-state index contributed by atoms with van der Waals surface area (Å²) in [7, 11) is 0. The fourth-order valence-corrected chi connectivity index (χ4v) is 4.26.